The van der Waals surface area contributed by atoms with E-state index in [-0.39, 0.29) is 0 Å². The summed E-state index contributed by atoms with van der Waals surface area (Å²) < 4.78 is 0. The van der Waals surface area contributed by atoms with Gasteiger partial charge < -0.3 is 5.32 Å². The quantitative estimate of drug-likeness (QED) is 0.260. The van der Waals surface area contributed by atoms with E-state index in [0.717, 1.165) is 41.9 Å². The highest BCUT2D eigenvalue weighted by Gasteiger charge is 2.72. The molecule has 0 saturated heterocycles. The fourth-order valence-corrected chi connectivity index (χ4v) is 16.2. The lowest BCUT2D eigenvalue weighted by molar-refractivity contribution is -0.0250. The SMILES string of the molecule is C1=CCCC(C2C=CC(NC3C=CCCC3C3=CCCC4C3C3C=CCCC3C43C4CCC=CC4C4C=CC(N(C5C=CC=CC5)C5C=CCCC5)CC43)CC2)=C1. The van der Waals surface area contributed by atoms with E-state index in [1.54, 1.807) is 5.57 Å². The van der Waals surface area contributed by atoms with Crippen molar-refractivity contribution in [2.45, 2.75) is 139 Å². The lowest BCUT2D eigenvalue weighted by atomic mass is 9.53. The average Bonchev–Trinajstić information content (AvgIpc) is 3.75. The molecule has 0 amide bonds. The maximum atomic E-state index is 4.31. The van der Waals surface area contributed by atoms with Crippen molar-refractivity contribution in [3.05, 3.63) is 133 Å². The normalized spacial score (nSPS) is 46.5. The van der Waals surface area contributed by atoms with Crippen molar-refractivity contribution < 1.29 is 0 Å². The van der Waals surface area contributed by atoms with Crippen LogP contribution in [0.5, 0.6) is 0 Å². The highest BCUT2D eigenvalue weighted by Crippen LogP contribution is 2.76. The van der Waals surface area contributed by atoms with E-state index in [1.807, 2.05) is 5.57 Å². The van der Waals surface area contributed by atoms with Crippen LogP contribution in [0.1, 0.15) is 109 Å². The van der Waals surface area contributed by atoms with Crippen LogP contribution in [-0.2, 0) is 0 Å². The predicted molar refractivity (Wildman–Crippen MR) is 238 cm³/mol. The van der Waals surface area contributed by atoms with Crippen LogP contribution in [0.25, 0.3) is 0 Å². The fraction of sp³-hybridized carbons (Fsp3) is 0.600. The molecule has 2 fully saturated rings. The molecule has 1 spiro atoms. The topological polar surface area (TPSA) is 15.3 Å². The van der Waals surface area contributed by atoms with Crippen molar-refractivity contribution in [1.29, 1.82) is 0 Å². The summed E-state index contributed by atoms with van der Waals surface area (Å²) in [4.78, 5) is 3.01. The van der Waals surface area contributed by atoms with E-state index in [1.165, 1.54) is 103 Å². The van der Waals surface area contributed by atoms with Crippen LogP contribution in [0.2, 0.25) is 0 Å². The zero-order valence-electron chi connectivity index (χ0n) is 34.7. The van der Waals surface area contributed by atoms with E-state index < -0.39 is 0 Å². The summed E-state index contributed by atoms with van der Waals surface area (Å²) in [6, 6.07) is 2.54. The second-order valence-electron chi connectivity index (χ2n) is 20.3. The van der Waals surface area contributed by atoms with Crippen LogP contribution in [0.4, 0.5) is 0 Å². The minimum absolute atomic E-state index is 0.441. The van der Waals surface area contributed by atoms with E-state index in [9.17, 15) is 0 Å². The van der Waals surface area contributed by atoms with Crippen molar-refractivity contribution >= 4 is 0 Å². The van der Waals surface area contributed by atoms with Gasteiger partial charge in [0.25, 0.3) is 0 Å². The van der Waals surface area contributed by atoms with Gasteiger partial charge in [0.05, 0.1) is 0 Å². The molecule has 2 saturated carbocycles. The van der Waals surface area contributed by atoms with Gasteiger partial charge >= 0.3 is 0 Å². The first kappa shape index (κ1) is 37.1. The highest BCUT2D eigenvalue weighted by atomic mass is 15.2. The zero-order valence-corrected chi connectivity index (χ0v) is 34.7. The Labute approximate surface area is 345 Å². The van der Waals surface area contributed by atoms with Crippen molar-refractivity contribution in [2.75, 3.05) is 0 Å². The first-order valence-electron chi connectivity index (χ1n) is 24.2. The molecule has 11 aliphatic rings. The molecule has 0 aliphatic heterocycles. The molecule has 0 radical (unpaired) electrons. The number of rotatable bonds is 7. The van der Waals surface area contributed by atoms with Gasteiger partial charge in [-0.05, 0) is 174 Å². The van der Waals surface area contributed by atoms with Crippen LogP contribution in [0, 0.1) is 64.6 Å². The van der Waals surface area contributed by atoms with E-state index in [0.29, 0.717) is 59.3 Å². The second-order valence-corrected chi connectivity index (χ2v) is 20.3. The number of hydrogen-bond acceptors (Lipinski definition) is 2. The molecule has 0 aromatic carbocycles. The number of nitrogens with zero attached hydrogens (tertiary/aromatic N) is 1. The van der Waals surface area contributed by atoms with Gasteiger partial charge in [-0.25, -0.2) is 0 Å². The Kier molecular flexibility index (Phi) is 10.4. The summed E-state index contributed by atoms with van der Waals surface area (Å²) in [5.41, 5.74) is 3.99. The molecule has 11 rings (SSSR count). The maximum absolute atomic E-state index is 4.31. The van der Waals surface area contributed by atoms with E-state index in [4.69, 9.17) is 0 Å². The second kappa shape index (κ2) is 15.9. The zero-order chi connectivity index (χ0) is 37.8. The summed E-state index contributed by atoms with van der Waals surface area (Å²) in [6.45, 7) is 0. The lowest BCUT2D eigenvalue weighted by Crippen LogP contribution is -2.52. The predicted octanol–water partition coefficient (Wildman–Crippen LogP) is 12.5. The Hall–Kier alpha value is -2.94. The van der Waals surface area contributed by atoms with Crippen LogP contribution >= 0.6 is 0 Å². The minimum Gasteiger partial charge on any atom is -0.304 e. The van der Waals surface area contributed by atoms with E-state index in [2.05, 4.69) is 132 Å². The van der Waals surface area contributed by atoms with Crippen LogP contribution in [-0.4, -0.2) is 35.1 Å². The van der Waals surface area contributed by atoms with Gasteiger partial charge in [0.2, 0.25) is 0 Å². The third-order valence-electron chi connectivity index (χ3n) is 18.0. The molecule has 300 valence electrons. The molecule has 1 N–H and O–H groups in total. The maximum Gasteiger partial charge on any atom is 0.0327 e. The standard InChI is InChI=1S/C55H70N2/c1-4-17-38(18-5-1)39-31-33-40(34-32-39)56-53-30-15-12-24-46(53)47-26-16-29-51-54(47)48-25-11-14-28-50(48)55(51)49-27-13-10-23-44(49)45-36-35-43(37-52(45)55)57(41-19-6-2-7-20-41)42-21-8-3-9-22-42/h1-2,4,6-8,10-11,15,17,19,21,23,25-26,30-31,33,35-36,39-46,48-54,56H,3,5,9,12-14,16,18,20,22,24,27-29,32,34,37H2. The monoisotopic (exact) mass is 759 g/mol. The average molecular weight is 759 g/mol. The Morgan fingerprint density at radius 2 is 1.37 bits per heavy atom. The first-order valence-corrected chi connectivity index (χ1v) is 24.2. The molecule has 2 nitrogen and oxygen atoms in total. The Morgan fingerprint density at radius 1 is 0.544 bits per heavy atom. The molecule has 16 unspecified atom stereocenters. The molecular weight excluding hydrogens is 689 g/mol. The van der Waals surface area contributed by atoms with Gasteiger partial charge in [-0.15, -0.1) is 0 Å². The van der Waals surface area contributed by atoms with Crippen molar-refractivity contribution in [3.63, 3.8) is 0 Å². The van der Waals surface area contributed by atoms with Crippen molar-refractivity contribution in [1.82, 2.24) is 10.2 Å². The Morgan fingerprint density at radius 3 is 2.18 bits per heavy atom. The van der Waals surface area contributed by atoms with Crippen molar-refractivity contribution in [3.8, 4) is 0 Å². The van der Waals surface area contributed by atoms with E-state index >= 15 is 0 Å². The third kappa shape index (κ3) is 6.40. The minimum atomic E-state index is 0.441. The summed E-state index contributed by atoms with van der Waals surface area (Å²) in [6.07, 6.45) is 73.3. The number of hydrogen-bond donors (Lipinski definition) is 1. The van der Waals surface area contributed by atoms with Crippen LogP contribution < -0.4 is 5.32 Å². The van der Waals surface area contributed by atoms with Gasteiger partial charge in [-0.3, -0.25) is 4.90 Å². The largest absolute Gasteiger partial charge is 0.304 e. The molecule has 16 atom stereocenters. The number of fused-ring (bicyclic) bond motifs is 10. The molecule has 11 aliphatic carbocycles. The summed E-state index contributed by atoms with van der Waals surface area (Å²) >= 11 is 0. The smallest absolute Gasteiger partial charge is 0.0327 e. The molecule has 57 heavy (non-hydrogen) atoms. The molecule has 0 heterocycles. The summed E-state index contributed by atoms with van der Waals surface area (Å²) in [7, 11) is 0. The summed E-state index contributed by atoms with van der Waals surface area (Å²) in [5, 5.41) is 4.31. The number of nitrogens with one attached hydrogen (secondary N) is 1. The van der Waals surface area contributed by atoms with Crippen molar-refractivity contribution in [2.24, 2.45) is 64.6 Å². The third-order valence-corrected chi connectivity index (χ3v) is 18.0. The first-order chi connectivity index (χ1) is 28.3. The van der Waals surface area contributed by atoms with Gasteiger partial charge in [0, 0.05) is 30.2 Å². The number of allylic oxidation sites excluding steroid dienone is 15. The highest BCUT2D eigenvalue weighted by molar-refractivity contribution is 5.36. The fourth-order valence-electron chi connectivity index (χ4n) is 16.2. The Bertz CT molecular complexity index is 1840. The molecule has 0 bridgehead atoms. The van der Waals surface area contributed by atoms with Crippen LogP contribution in [0.3, 0.4) is 0 Å². The van der Waals surface area contributed by atoms with Gasteiger partial charge in [0.1, 0.15) is 0 Å². The molecular formula is C55H70N2. The van der Waals surface area contributed by atoms with Gasteiger partial charge in [0.15, 0.2) is 0 Å². The molecule has 0 aromatic heterocycles. The van der Waals surface area contributed by atoms with Gasteiger partial charge in [-0.2, -0.15) is 0 Å². The van der Waals surface area contributed by atoms with Gasteiger partial charge in [-0.1, -0.05) is 133 Å². The Balaban J connectivity index is 0.925. The molecule has 2 heteroatoms. The lowest BCUT2D eigenvalue weighted by Gasteiger charge is -2.53. The summed E-state index contributed by atoms with van der Waals surface area (Å²) in [5.74, 6) is 7.41. The molecule has 0 aromatic rings. The van der Waals surface area contributed by atoms with Crippen LogP contribution in [0.15, 0.2) is 133 Å².